The highest BCUT2D eigenvalue weighted by molar-refractivity contribution is 6.30. The molecule has 3 aromatic rings. The predicted octanol–water partition coefficient (Wildman–Crippen LogP) is 5.12. The molecule has 4 rings (SSSR count). The molecule has 0 fully saturated rings. The molecular formula is C27H29ClN2O3. The second-order valence-electron chi connectivity index (χ2n) is 8.29. The normalized spacial score (nSPS) is 16.6. The van der Waals surface area contributed by atoms with Crippen LogP contribution in [0.3, 0.4) is 0 Å². The van der Waals surface area contributed by atoms with Crippen LogP contribution in [0.1, 0.15) is 40.8 Å². The Labute approximate surface area is 200 Å². The van der Waals surface area contributed by atoms with E-state index in [1.54, 1.807) is 14.2 Å². The molecule has 1 unspecified atom stereocenters. The van der Waals surface area contributed by atoms with E-state index in [0.29, 0.717) is 5.75 Å². The molecule has 33 heavy (non-hydrogen) atoms. The lowest BCUT2D eigenvalue weighted by atomic mass is 9.86. The first kappa shape index (κ1) is 23.1. The number of halogens is 1. The highest BCUT2D eigenvalue weighted by Crippen LogP contribution is 2.43. The standard InChI is InChI=1S/C27H29ClN2O3/c1-32-24-16-20-14-15-30(26(27(29)31)19-6-4-3-5-7-19)23(22(20)17-25(24)33-2)13-10-18-8-11-21(28)12-9-18/h3-9,11-12,16-17,23,26H,10,13-15H2,1-2H3,(H2,29,31)/t23-,26?/m0/s1. The van der Waals surface area contributed by atoms with Crippen LogP contribution in [0.5, 0.6) is 11.5 Å². The number of nitrogens with zero attached hydrogens (tertiary/aromatic N) is 1. The van der Waals surface area contributed by atoms with E-state index in [4.69, 9.17) is 26.8 Å². The molecule has 3 aromatic carbocycles. The smallest absolute Gasteiger partial charge is 0.239 e. The van der Waals surface area contributed by atoms with Crippen LogP contribution in [0.15, 0.2) is 66.7 Å². The minimum atomic E-state index is -0.511. The van der Waals surface area contributed by atoms with Gasteiger partial charge in [0, 0.05) is 17.6 Å². The number of carbonyl (C=O) groups excluding carboxylic acids is 1. The van der Waals surface area contributed by atoms with E-state index in [0.717, 1.165) is 47.7 Å². The summed E-state index contributed by atoms with van der Waals surface area (Å²) in [6.45, 7) is 0.719. The van der Waals surface area contributed by atoms with Crippen LogP contribution in [-0.4, -0.2) is 31.6 Å². The van der Waals surface area contributed by atoms with Gasteiger partial charge in [-0.05, 0) is 65.8 Å². The summed E-state index contributed by atoms with van der Waals surface area (Å²) in [7, 11) is 3.29. The Morgan fingerprint density at radius 2 is 1.73 bits per heavy atom. The Bertz CT molecular complexity index is 1100. The molecule has 0 saturated heterocycles. The topological polar surface area (TPSA) is 64.8 Å². The lowest BCUT2D eigenvalue weighted by Crippen LogP contribution is -2.44. The molecule has 0 radical (unpaired) electrons. The van der Waals surface area contributed by atoms with Crippen molar-refractivity contribution in [2.45, 2.75) is 31.3 Å². The number of hydrogen-bond acceptors (Lipinski definition) is 4. The van der Waals surface area contributed by atoms with E-state index in [1.807, 2.05) is 54.6 Å². The minimum absolute atomic E-state index is 0.0121. The molecule has 0 aromatic heterocycles. The third kappa shape index (κ3) is 5.00. The fourth-order valence-electron chi connectivity index (χ4n) is 4.79. The molecule has 0 aliphatic carbocycles. The summed E-state index contributed by atoms with van der Waals surface area (Å²) in [6, 6.07) is 21.3. The van der Waals surface area contributed by atoms with E-state index in [1.165, 1.54) is 11.1 Å². The molecule has 1 amide bonds. The van der Waals surface area contributed by atoms with Gasteiger partial charge in [0.2, 0.25) is 5.91 Å². The Hall–Kier alpha value is -3.02. The number of hydrogen-bond donors (Lipinski definition) is 1. The fraction of sp³-hybridized carbons (Fsp3) is 0.296. The molecule has 1 aliphatic rings. The van der Waals surface area contributed by atoms with Crippen LogP contribution >= 0.6 is 11.6 Å². The summed E-state index contributed by atoms with van der Waals surface area (Å²) in [5, 5.41) is 0.720. The number of carbonyl (C=O) groups is 1. The van der Waals surface area contributed by atoms with Crippen molar-refractivity contribution in [3.63, 3.8) is 0 Å². The number of methoxy groups -OCH3 is 2. The summed E-state index contributed by atoms with van der Waals surface area (Å²) in [4.78, 5) is 15.0. The molecule has 2 atom stereocenters. The summed E-state index contributed by atoms with van der Waals surface area (Å²) in [5.41, 5.74) is 10.4. The van der Waals surface area contributed by atoms with Crippen LogP contribution in [0.25, 0.3) is 0 Å². The lowest BCUT2D eigenvalue weighted by molar-refractivity contribution is -0.124. The molecule has 172 valence electrons. The van der Waals surface area contributed by atoms with Crippen molar-refractivity contribution < 1.29 is 14.3 Å². The van der Waals surface area contributed by atoms with Gasteiger partial charge in [0.25, 0.3) is 0 Å². The van der Waals surface area contributed by atoms with E-state index in [2.05, 4.69) is 17.0 Å². The Balaban J connectivity index is 1.75. The first-order chi connectivity index (χ1) is 16.0. The molecule has 0 saturated carbocycles. The molecule has 5 nitrogen and oxygen atoms in total. The molecule has 1 heterocycles. The number of rotatable bonds is 8. The van der Waals surface area contributed by atoms with Crippen LogP contribution in [0, 0.1) is 0 Å². The first-order valence-corrected chi connectivity index (χ1v) is 11.5. The highest BCUT2D eigenvalue weighted by Gasteiger charge is 2.36. The van der Waals surface area contributed by atoms with Crippen molar-refractivity contribution in [1.82, 2.24) is 4.90 Å². The third-order valence-electron chi connectivity index (χ3n) is 6.38. The molecule has 6 heteroatoms. The van der Waals surface area contributed by atoms with Crippen molar-refractivity contribution in [2.24, 2.45) is 5.73 Å². The largest absolute Gasteiger partial charge is 0.493 e. The van der Waals surface area contributed by atoms with Gasteiger partial charge in [0.05, 0.1) is 14.2 Å². The Kier molecular flexibility index (Phi) is 7.21. The number of primary amides is 1. The SMILES string of the molecule is COc1cc2c(cc1OC)[C@H](CCc1ccc(Cl)cc1)N(C(C(N)=O)c1ccccc1)CC2. The van der Waals surface area contributed by atoms with Gasteiger partial charge in [-0.2, -0.15) is 0 Å². The van der Waals surface area contributed by atoms with Crippen molar-refractivity contribution in [2.75, 3.05) is 20.8 Å². The number of amides is 1. The number of ether oxygens (including phenoxy) is 2. The van der Waals surface area contributed by atoms with E-state index in [-0.39, 0.29) is 11.9 Å². The van der Waals surface area contributed by atoms with Gasteiger partial charge in [-0.1, -0.05) is 54.1 Å². The van der Waals surface area contributed by atoms with Gasteiger partial charge in [-0.25, -0.2) is 0 Å². The predicted molar refractivity (Wildman–Crippen MR) is 131 cm³/mol. The molecule has 0 spiro atoms. The zero-order valence-electron chi connectivity index (χ0n) is 19.0. The molecule has 0 bridgehead atoms. The van der Waals surface area contributed by atoms with E-state index < -0.39 is 6.04 Å². The quantitative estimate of drug-likeness (QED) is 0.502. The zero-order chi connectivity index (χ0) is 23.4. The van der Waals surface area contributed by atoms with Crippen LogP contribution in [0.4, 0.5) is 0 Å². The number of aryl methyl sites for hydroxylation is 1. The van der Waals surface area contributed by atoms with Gasteiger partial charge < -0.3 is 15.2 Å². The maximum absolute atomic E-state index is 12.7. The maximum atomic E-state index is 12.7. The number of benzene rings is 3. The highest BCUT2D eigenvalue weighted by atomic mass is 35.5. The van der Waals surface area contributed by atoms with Crippen molar-refractivity contribution in [3.05, 3.63) is 94.0 Å². The fourth-order valence-corrected chi connectivity index (χ4v) is 4.91. The Morgan fingerprint density at radius 3 is 2.36 bits per heavy atom. The van der Waals surface area contributed by atoms with Gasteiger partial charge in [0.1, 0.15) is 6.04 Å². The maximum Gasteiger partial charge on any atom is 0.239 e. The molecular weight excluding hydrogens is 436 g/mol. The van der Waals surface area contributed by atoms with Crippen LogP contribution in [0.2, 0.25) is 5.02 Å². The zero-order valence-corrected chi connectivity index (χ0v) is 19.7. The third-order valence-corrected chi connectivity index (χ3v) is 6.63. The number of fused-ring (bicyclic) bond motifs is 1. The minimum Gasteiger partial charge on any atom is -0.493 e. The average Bonchev–Trinajstić information content (AvgIpc) is 2.84. The van der Waals surface area contributed by atoms with Crippen molar-refractivity contribution >= 4 is 17.5 Å². The first-order valence-electron chi connectivity index (χ1n) is 11.1. The van der Waals surface area contributed by atoms with Gasteiger partial charge in [-0.15, -0.1) is 0 Å². The summed E-state index contributed by atoms with van der Waals surface area (Å²) in [5.74, 6) is 1.06. The summed E-state index contributed by atoms with van der Waals surface area (Å²) in [6.07, 6.45) is 2.46. The Morgan fingerprint density at radius 1 is 1.06 bits per heavy atom. The van der Waals surface area contributed by atoms with Crippen molar-refractivity contribution in [1.29, 1.82) is 0 Å². The van der Waals surface area contributed by atoms with Crippen LogP contribution < -0.4 is 15.2 Å². The van der Waals surface area contributed by atoms with Crippen LogP contribution in [-0.2, 0) is 17.6 Å². The van der Waals surface area contributed by atoms with Gasteiger partial charge in [-0.3, -0.25) is 9.69 Å². The second kappa shape index (κ2) is 10.3. The van der Waals surface area contributed by atoms with E-state index >= 15 is 0 Å². The van der Waals surface area contributed by atoms with Gasteiger partial charge in [0.15, 0.2) is 11.5 Å². The monoisotopic (exact) mass is 464 g/mol. The molecule has 1 aliphatic heterocycles. The second-order valence-corrected chi connectivity index (χ2v) is 8.73. The van der Waals surface area contributed by atoms with E-state index in [9.17, 15) is 4.79 Å². The summed E-state index contributed by atoms with van der Waals surface area (Å²) < 4.78 is 11.1. The molecule has 2 N–H and O–H groups in total. The number of nitrogens with two attached hydrogens (primary N) is 1. The average molecular weight is 465 g/mol. The van der Waals surface area contributed by atoms with Gasteiger partial charge >= 0.3 is 0 Å². The van der Waals surface area contributed by atoms with Crippen molar-refractivity contribution in [3.8, 4) is 11.5 Å². The summed E-state index contributed by atoms with van der Waals surface area (Å²) >= 11 is 6.07. The lowest BCUT2D eigenvalue weighted by Gasteiger charge is -2.41.